The van der Waals surface area contributed by atoms with E-state index in [2.05, 4.69) is 11.6 Å². The highest BCUT2D eigenvalue weighted by Gasteiger charge is 2.22. The van der Waals surface area contributed by atoms with E-state index in [1.54, 1.807) is 24.3 Å². The van der Waals surface area contributed by atoms with E-state index in [1.165, 1.54) is 6.42 Å². The predicted molar refractivity (Wildman–Crippen MR) is 79.5 cm³/mol. The lowest BCUT2D eigenvalue weighted by Gasteiger charge is -2.12. The van der Waals surface area contributed by atoms with Gasteiger partial charge in [-0.05, 0) is 35.8 Å². The predicted octanol–water partition coefficient (Wildman–Crippen LogP) is 2.03. The van der Waals surface area contributed by atoms with Crippen molar-refractivity contribution in [3.63, 3.8) is 0 Å². The Morgan fingerprint density at radius 1 is 1.20 bits per heavy atom. The van der Waals surface area contributed by atoms with Crippen molar-refractivity contribution in [3.05, 3.63) is 35.4 Å². The zero-order valence-electron chi connectivity index (χ0n) is 11.9. The molecule has 5 heteroatoms. The molecule has 1 aromatic rings. The van der Waals surface area contributed by atoms with Gasteiger partial charge < -0.3 is 5.11 Å². The van der Waals surface area contributed by atoms with E-state index < -0.39 is 10.0 Å². The van der Waals surface area contributed by atoms with E-state index in [9.17, 15) is 8.42 Å². The maximum atomic E-state index is 12.0. The van der Waals surface area contributed by atoms with Gasteiger partial charge in [0, 0.05) is 6.54 Å². The van der Waals surface area contributed by atoms with E-state index >= 15 is 0 Å². The molecule has 1 fully saturated rings. The molecule has 0 amide bonds. The maximum Gasteiger partial charge on any atom is 0.215 e. The second-order valence-electron chi connectivity index (χ2n) is 5.87. The highest BCUT2D eigenvalue weighted by molar-refractivity contribution is 7.88. The van der Waals surface area contributed by atoms with Crippen LogP contribution in [0.5, 0.6) is 0 Å². The number of rotatable bonds is 6. The van der Waals surface area contributed by atoms with Gasteiger partial charge in [0.25, 0.3) is 0 Å². The Morgan fingerprint density at radius 2 is 1.85 bits per heavy atom. The Hall–Kier alpha value is -0.910. The molecule has 0 radical (unpaired) electrons. The van der Waals surface area contributed by atoms with Crippen LogP contribution in [-0.4, -0.2) is 20.1 Å². The van der Waals surface area contributed by atoms with Crippen molar-refractivity contribution in [2.24, 2.45) is 11.8 Å². The monoisotopic (exact) mass is 297 g/mol. The molecule has 20 heavy (non-hydrogen) atoms. The lowest BCUT2D eigenvalue weighted by molar-refractivity contribution is 0.282. The number of nitrogens with one attached hydrogen (secondary N) is 1. The van der Waals surface area contributed by atoms with E-state index in [-0.39, 0.29) is 12.4 Å². The summed E-state index contributed by atoms with van der Waals surface area (Å²) in [6, 6.07) is 7.01. The van der Waals surface area contributed by atoms with Crippen LogP contribution >= 0.6 is 0 Å². The lowest BCUT2D eigenvalue weighted by Crippen LogP contribution is -2.29. The van der Waals surface area contributed by atoms with Crippen LogP contribution in [0.15, 0.2) is 24.3 Å². The van der Waals surface area contributed by atoms with Crippen molar-refractivity contribution >= 4 is 10.0 Å². The van der Waals surface area contributed by atoms with Crippen molar-refractivity contribution in [2.45, 2.75) is 38.5 Å². The van der Waals surface area contributed by atoms with Crippen LogP contribution in [0.2, 0.25) is 0 Å². The summed E-state index contributed by atoms with van der Waals surface area (Å²) in [4.78, 5) is 0. The van der Waals surface area contributed by atoms with Crippen LogP contribution in [0.3, 0.4) is 0 Å². The molecule has 2 rings (SSSR count). The van der Waals surface area contributed by atoms with Crippen LogP contribution in [-0.2, 0) is 22.4 Å². The van der Waals surface area contributed by atoms with Crippen molar-refractivity contribution < 1.29 is 13.5 Å². The normalized spacial score (nSPS) is 23.1. The zero-order valence-corrected chi connectivity index (χ0v) is 12.7. The highest BCUT2D eigenvalue weighted by Crippen LogP contribution is 2.29. The molecular formula is C15H23NO3S. The summed E-state index contributed by atoms with van der Waals surface area (Å²) >= 11 is 0. The smallest absolute Gasteiger partial charge is 0.215 e. The first-order valence-corrected chi connectivity index (χ1v) is 8.80. The van der Waals surface area contributed by atoms with Gasteiger partial charge in [0.2, 0.25) is 10.0 Å². The molecule has 1 aromatic carbocycles. The first kappa shape index (κ1) is 15.5. The highest BCUT2D eigenvalue weighted by atomic mass is 32.2. The number of benzene rings is 1. The molecule has 0 bridgehead atoms. The van der Waals surface area contributed by atoms with Gasteiger partial charge >= 0.3 is 0 Å². The van der Waals surface area contributed by atoms with Crippen molar-refractivity contribution in [3.8, 4) is 0 Å². The van der Waals surface area contributed by atoms with Gasteiger partial charge in [0.1, 0.15) is 0 Å². The van der Waals surface area contributed by atoms with Gasteiger partial charge in [-0.1, -0.05) is 37.6 Å². The summed E-state index contributed by atoms with van der Waals surface area (Å²) in [5.41, 5.74) is 1.54. The number of sulfonamides is 1. The third-order valence-corrected chi connectivity index (χ3v) is 5.28. The summed E-state index contributed by atoms with van der Waals surface area (Å²) in [6.07, 6.45) is 3.44. The van der Waals surface area contributed by atoms with E-state index in [4.69, 9.17) is 5.11 Å². The maximum absolute atomic E-state index is 12.0. The van der Waals surface area contributed by atoms with Crippen molar-refractivity contribution in [2.75, 3.05) is 6.54 Å². The molecule has 0 spiro atoms. The number of aliphatic hydroxyl groups excluding tert-OH is 1. The Kier molecular flexibility index (Phi) is 5.18. The molecule has 0 aliphatic heterocycles. The average molecular weight is 297 g/mol. The van der Waals surface area contributed by atoms with Crippen LogP contribution in [0, 0.1) is 11.8 Å². The minimum atomic E-state index is -3.27. The summed E-state index contributed by atoms with van der Waals surface area (Å²) in [6.45, 7) is 2.75. The van der Waals surface area contributed by atoms with Crippen LogP contribution in [0.25, 0.3) is 0 Å². The number of hydrogen-bond acceptors (Lipinski definition) is 3. The fourth-order valence-corrected chi connectivity index (χ4v) is 3.99. The molecule has 4 nitrogen and oxygen atoms in total. The Labute approximate surface area is 121 Å². The SMILES string of the molecule is CC1CCC(CNS(=O)(=O)Cc2ccc(CO)cc2)C1. The van der Waals surface area contributed by atoms with Gasteiger partial charge in [0.15, 0.2) is 0 Å². The molecule has 0 heterocycles. The summed E-state index contributed by atoms with van der Waals surface area (Å²) in [5, 5.41) is 8.96. The fourth-order valence-electron chi connectivity index (χ4n) is 2.77. The Morgan fingerprint density at radius 3 is 2.40 bits per heavy atom. The molecular weight excluding hydrogens is 274 g/mol. The lowest BCUT2D eigenvalue weighted by atomic mass is 10.1. The van der Waals surface area contributed by atoms with Crippen molar-refractivity contribution in [1.29, 1.82) is 0 Å². The number of hydrogen-bond donors (Lipinski definition) is 2. The van der Waals surface area contributed by atoms with Crippen LogP contribution in [0.4, 0.5) is 0 Å². The Bertz CT molecular complexity index is 525. The van der Waals surface area contributed by atoms with Gasteiger partial charge in [-0.3, -0.25) is 0 Å². The summed E-state index contributed by atoms with van der Waals surface area (Å²) < 4.78 is 26.8. The first-order chi connectivity index (χ1) is 9.48. The second-order valence-corrected chi connectivity index (χ2v) is 7.67. The van der Waals surface area contributed by atoms with Gasteiger partial charge in [-0.15, -0.1) is 0 Å². The molecule has 0 saturated heterocycles. The molecule has 1 saturated carbocycles. The molecule has 2 unspecified atom stereocenters. The fraction of sp³-hybridized carbons (Fsp3) is 0.600. The molecule has 2 atom stereocenters. The number of aliphatic hydroxyl groups is 1. The standard InChI is InChI=1S/C15H23NO3S/c1-12-2-3-15(8-12)9-16-20(18,19)11-14-6-4-13(10-17)5-7-14/h4-7,12,15-17H,2-3,8-11H2,1H3. The topological polar surface area (TPSA) is 66.4 Å². The quantitative estimate of drug-likeness (QED) is 0.844. The summed E-state index contributed by atoms with van der Waals surface area (Å²) in [5.74, 6) is 1.20. The minimum Gasteiger partial charge on any atom is -0.392 e. The molecule has 1 aliphatic rings. The third-order valence-electron chi connectivity index (χ3n) is 3.96. The van der Waals surface area contributed by atoms with Crippen LogP contribution < -0.4 is 4.72 Å². The van der Waals surface area contributed by atoms with Gasteiger partial charge in [0.05, 0.1) is 12.4 Å². The third kappa shape index (κ3) is 4.58. The minimum absolute atomic E-state index is 0.000974. The molecule has 112 valence electrons. The van der Waals surface area contributed by atoms with Crippen LogP contribution in [0.1, 0.15) is 37.3 Å². The molecule has 0 aromatic heterocycles. The van der Waals surface area contributed by atoms with E-state index in [0.29, 0.717) is 12.5 Å². The van der Waals surface area contributed by atoms with Crippen molar-refractivity contribution in [1.82, 2.24) is 4.72 Å². The first-order valence-electron chi connectivity index (χ1n) is 7.14. The van der Waals surface area contributed by atoms with E-state index in [1.807, 2.05) is 0 Å². The second kappa shape index (κ2) is 6.70. The largest absolute Gasteiger partial charge is 0.392 e. The summed E-state index contributed by atoms with van der Waals surface area (Å²) in [7, 11) is -3.27. The molecule has 2 N–H and O–H groups in total. The van der Waals surface area contributed by atoms with E-state index in [0.717, 1.165) is 29.9 Å². The molecule has 1 aliphatic carbocycles. The average Bonchev–Trinajstić information content (AvgIpc) is 2.83. The van der Waals surface area contributed by atoms with Gasteiger partial charge in [-0.2, -0.15) is 0 Å². The zero-order chi connectivity index (χ0) is 14.6. The van der Waals surface area contributed by atoms with Gasteiger partial charge in [-0.25, -0.2) is 13.1 Å². The Balaban J connectivity index is 1.86.